The van der Waals surface area contributed by atoms with Gasteiger partial charge in [0.25, 0.3) is 0 Å². The number of hydrogen-bond acceptors (Lipinski definition) is 2. The molecule has 0 fully saturated rings. The van der Waals surface area contributed by atoms with E-state index in [4.69, 9.17) is 5.11 Å². The van der Waals surface area contributed by atoms with Crippen LogP contribution < -0.4 is 5.32 Å². The van der Waals surface area contributed by atoms with Gasteiger partial charge in [-0.05, 0) is 49.1 Å². The Hall–Kier alpha value is -1.35. The highest BCUT2D eigenvalue weighted by molar-refractivity contribution is 5.91. The molecule has 0 saturated heterocycles. The van der Waals surface area contributed by atoms with Crippen LogP contribution in [0.25, 0.3) is 0 Å². The SMILES string of the molecule is Cc1cc2c(c(C)c1C(=O)O)CNCC2. The van der Waals surface area contributed by atoms with E-state index in [1.165, 1.54) is 11.1 Å². The molecule has 0 unspecified atom stereocenters. The van der Waals surface area contributed by atoms with Gasteiger partial charge < -0.3 is 10.4 Å². The van der Waals surface area contributed by atoms with E-state index in [9.17, 15) is 4.79 Å². The minimum absolute atomic E-state index is 0.470. The third kappa shape index (κ3) is 1.63. The van der Waals surface area contributed by atoms with E-state index >= 15 is 0 Å². The normalized spacial score (nSPS) is 14.8. The van der Waals surface area contributed by atoms with Crippen molar-refractivity contribution in [2.45, 2.75) is 26.8 Å². The third-order valence-corrected chi connectivity index (χ3v) is 3.09. The van der Waals surface area contributed by atoms with Gasteiger partial charge in [-0.3, -0.25) is 0 Å². The van der Waals surface area contributed by atoms with Crippen LogP contribution in [0, 0.1) is 13.8 Å². The molecule has 0 amide bonds. The molecule has 0 bridgehead atoms. The Morgan fingerprint density at radius 3 is 2.87 bits per heavy atom. The van der Waals surface area contributed by atoms with E-state index in [1.807, 2.05) is 19.9 Å². The topological polar surface area (TPSA) is 49.3 Å². The van der Waals surface area contributed by atoms with E-state index in [2.05, 4.69) is 5.32 Å². The molecule has 0 radical (unpaired) electrons. The number of hydrogen-bond donors (Lipinski definition) is 2. The zero-order chi connectivity index (χ0) is 11.0. The molecule has 1 aliphatic rings. The van der Waals surface area contributed by atoms with Crippen molar-refractivity contribution in [3.8, 4) is 0 Å². The fourth-order valence-electron chi connectivity index (χ4n) is 2.34. The fourth-order valence-corrected chi connectivity index (χ4v) is 2.34. The summed E-state index contributed by atoms with van der Waals surface area (Å²) in [6.45, 7) is 5.56. The highest BCUT2D eigenvalue weighted by Gasteiger charge is 2.19. The second-order valence-corrected chi connectivity index (χ2v) is 4.06. The van der Waals surface area contributed by atoms with Crippen molar-refractivity contribution in [3.63, 3.8) is 0 Å². The lowest BCUT2D eigenvalue weighted by Crippen LogP contribution is -2.25. The van der Waals surface area contributed by atoms with Gasteiger partial charge in [0.05, 0.1) is 5.56 Å². The summed E-state index contributed by atoms with van der Waals surface area (Å²) < 4.78 is 0. The molecule has 2 rings (SSSR count). The number of rotatable bonds is 1. The van der Waals surface area contributed by atoms with E-state index in [1.54, 1.807) is 0 Å². The number of nitrogens with one attached hydrogen (secondary N) is 1. The van der Waals surface area contributed by atoms with Gasteiger partial charge in [0, 0.05) is 6.54 Å². The molecular weight excluding hydrogens is 190 g/mol. The molecule has 1 aromatic rings. The molecule has 0 atom stereocenters. The Labute approximate surface area is 89.1 Å². The van der Waals surface area contributed by atoms with Crippen LogP contribution >= 0.6 is 0 Å². The quantitative estimate of drug-likeness (QED) is 0.733. The Kier molecular flexibility index (Phi) is 2.49. The Morgan fingerprint density at radius 2 is 2.20 bits per heavy atom. The summed E-state index contributed by atoms with van der Waals surface area (Å²) >= 11 is 0. The van der Waals surface area contributed by atoms with Gasteiger partial charge in [-0.1, -0.05) is 6.07 Å². The van der Waals surface area contributed by atoms with Gasteiger partial charge in [-0.25, -0.2) is 4.79 Å². The summed E-state index contributed by atoms with van der Waals surface area (Å²) in [5.74, 6) is -0.821. The molecular formula is C12H15NO2. The molecule has 15 heavy (non-hydrogen) atoms. The van der Waals surface area contributed by atoms with Crippen molar-refractivity contribution in [2.75, 3.05) is 6.54 Å². The summed E-state index contributed by atoms with van der Waals surface area (Å²) in [5.41, 5.74) is 4.74. The van der Waals surface area contributed by atoms with Gasteiger partial charge in [0.1, 0.15) is 0 Å². The van der Waals surface area contributed by atoms with E-state index in [0.717, 1.165) is 30.6 Å². The average Bonchev–Trinajstić information content (AvgIpc) is 2.17. The summed E-state index contributed by atoms with van der Waals surface area (Å²) in [4.78, 5) is 11.1. The van der Waals surface area contributed by atoms with Crippen LogP contribution in [-0.2, 0) is 13.0 Å². The number of fused-ring (bicyclic) bond motifs is 1. The van der Waals surface area contributed by atoms with Gasteiger partial charge in [-0.15, -0.1) is 0 Å². The molecule has 0 spiro atoms. The monoisotopic (exact) mass is 205 g/mol. The molecule has 2 N–H and O–H groups in total. The van der Waals surface area contributed by atoms with Crippen molar-refractivity contribution >= 4 is 5.97 Å². The van der Waals surface area contributed by atoms with Gasteiger partial charge in [-0.2, -0.15) is 0 Å². The maximum atomic E-state index is 11.1. The molecule has 80 valence electrons. The predicted molar refractivity (Wildman–Crippen MR) is 58.3 cm³/mol. The van der Waals surface area contributed by atoms with Crippen LogP contribution in [0.4, 0.5) is 0 Å². The first-order chi connectivity index (χ1) is 7.11. The van der Waals surface area contributed by atoms with E-state index < -0.39 is 5.97 Å². The molecule has 1 aromatic carbocycles. The second kappa shape index (κ2) is 3.66. The van der Waals surface area contributed by atoms with Gasteiger partial charge in [0.15, 0.2) is 0 Å². The van der Waals surface area contributed by atoms with Crippen molar-refractivity contribution in [3.05, 3.63) is 33.9 Å². The first-order valence-corrected chi connectivity index (χ1v) is 5.17. The molecule has 0 aliphatic carbocycles. The number of carboxylic acid groups (broad SMARTS) is 1. The minimum atomic E-state index is -0.821. The van der Waals surface area contributed by atoms with Crippen LogP contribution in [0.1, 0.15) is 32.6 Å². The lowest BCUT2D eigenvalue weighted by atomic mass is 9.90. The summed E-state index contributed by atoms with van der Waals surface area (Å²) in [6.07, 6.45) is 0.997. The van der Waals surface area contributed by atoms with Crippen LogP contribution in [0.2, 0.25) is 0 Å². The Balaban J connectivity index is 2.64. The first kappa shape index (κ1) is 10.2. The molecule has 0 aromatic heterocycles. The average molecular weight is 205 g/mol. The Bertz CT molecular complexity index is 424. The van der Waals surface area contributed by atoms with Crippen LogP contribution in [-0.4, -0.2) is 17.6 Å². The second-order valence-electron chi connectivity index (χ2n) is 4.06. The number of aryl methyl sites for hydroxylation is 1. The lowest BCUT2D eigenvalue weighted by molar-refractivity contribution is 0.0695. The molecule has 1 heterocycles. The first-order valence-electron chi connectivity index (χ1n) is 5.17. The van der Waals surface area contributed by atoms with Crippen LogP contribution in [0.15, 0.2) is 6.07 Å². The van der Waals surface area contributed by atoms with Crippen molar-refractivity contribution < 1.29 is 9.90 Å². The molecule has 0 saturated carbocycles. The summed E-state index contributed by atoms with van der Waals surface area (Å²) in [7, 11) is 0. The standard InChI is InChI=1S/C12H15NO2/c1-7-5-9-3-4-13-6-10(9)8(2)11(7)12(14)15/h5,13H,3-4,6H2,1-2H3,(H,14,15). The lowest BCUT2D eigenvalue weighted by Gasteiger charge is -2.21. The third-order valence-electron chi connectivity index (χ3n) is 3.09. The maximum Gasteiger partial charge on any atom is 0.336 e. The number of carboxylic acids is 1. The van der Waals surface area contributed by atoms with Crippen molar-refractivity contribution in [1.29, 1.82) is 0 Å². The highest BCUT2D eigenvalue weighted by atomic mass is 16.4. The molecule has 1 aliphatic heterocycles. The summed E-state index contributed by atoms with van der Waals surface area (Å²) in [5, 5.41) is 12.4. The number of benzene rings is 1. The Morgan fingerprint density at radius 1 is 1.47 bits per heavy atom. The molecule has 3 nitrogen and oxygen atoms in total. The predicted octanol–water partition coefficient (Wildman–Crippen LogP) is 1.65. The molecule has 3 heteroatoms. The smallest absolute Gasteiger partial charge is 0.336 e. The maximum absolute atomic E-state index is 11.1. The zero-order valence-corrected chi connectivity index (χ0v) is 9.05. The zero-order valence-electron chi connectivity index (χ0n) is 9.05. The van der Waals surface area contributed by atoms with Crippen LogP contribution in [0.3, 0.4) is 0 Å². The number of aromatic carboxylic acids is 1. The van der Waals surface area contributed by atoms with Gasteiger partial charge in [0.2, 0.25) is 0 Å². The van der Waals surface area contributed by atoms with Crippen LogP contribution in [0.5, 0.6) is 0 Å². The van der Waals surface area contributed by atoms with Gasteiger partial charge >= 0.3 is 5.97 Å². The fraction of sp³-hybridized carbons (Fsp3) is 0.417. The largest absolute Gasteiger partial charge is 0.478 e. The van der Waals surface area contributed by atoms with E-state index in [0.29, 0.717) is 5.56 Å². The van der Waals surface area contributed by atoms with Crippen molar-refractivity contribution in [2.24, 2.45) is 0 Å². The van der Waals surface area contributed by atoms with Crippen molar-refractivity contribution in [1.82, 2.24) is 5.32 Å². The van der Waals surface area contributed by atoms with E-state index in [-0.39, 0.29) is 0 Å². The highest BCUT2D eigenvalue weighted by Crippen LogP contribution is 2.24. The number of carbonyl (C=O) groups is 1. The summed E-state index contributed by atoms with van der Waals surface area (Å²) in [6, 6.07) is 2.02. The minimum Gasteiger partial charge on any atom is -0.478 e.